The Morgan fingerprint density at radius 2 is 1.83 bits per heavy atom. The lowest BCUT2D eigenvalue weighted by molar-refractivity contribution is -0.117. The number of hydrogen-bond donors (Lipinski definition) is 1. The van der Waals surface area contributed by atoms with Gasteiger partial charge >= 0.3 is 0 Å². The van der Waals surface area contributed by atoms with Crippen molar-refractivity contribution >= 4 is 29.1 Å². The molecule has 0 aromatic heterocycles. The number of amides is 2. The van der Waals surface area contributed by atoms with Crippen molar-refractivity contribution in [1.29, 1.82) is 0 Å². The van der Waals surface area contributed by atoms with Gasteiger partial charge in [0, 0.05) is 29.2 Å². The number of carbonyl (C=O) groups is 2. The van der Waals surface area contributed by atoms with Crippen LogP contribution in [0, 0.1) is 0 Å². The molecule has 0 radical (unpaired) electrons. The first-order chi connectivity index (χ1) is 11.6. The Morgan fingerprint density at radius 3 is 2.46 bits per heavy atom. The second-order valence-electron chi connectivity index (χ2n) is 5.58. The highest BCUT2D eigenvalue weighted by Crippen LogP contribution is 2.23. The van der Waals surface area contributed by atoms with Crippen molar-refractivity contribution in [1.82, 2.24) is 5.32 Å². The number of ether oxygens (including phenoxy) is 1. The molecule has 0 spiro atoms. The zero-order valence-electron chi connectivity index (χ0n) is 13.2. The minimum absolute atomic E-state index is 0.0163. The molecule has 2 aromatic carbocycles. The molecule has 1 saturated heterocycles. The maximum atomic E-state index is 12.3. The third-order valence-electron chi connectivity index (χ3n) is 3.95. The van der Waals surface area contributed by atoms with Crippen molar-refractivity contribution in [2.75, 3.05) is 18.6 Å². The highest BCUT2D eigenvalue weighted by molar-refractivity contribution is 6.30. The second kappa shape index (κ2) is 6.93. The highest BCUT2D eigenvalue weighted by Gasteiger charge is 2.31. The van der Waals surface area contributed by atoms with E-state index in [4.69, 9.17) is 16.3 Å². The number of nitrogens with one attached hydrogen (secondary N) is 1. The quantitative estimate of drug-likeness (QED) is 0.927. The van der Waals surface area contributed by atoms with Crippen LogP contribution in [0.25, 0.3) is 0 Å². The molecule has 0 aliphatic carbocycles. The molecule has 0 unspecified atom stereocenters. The van der Waals surface area contributed by atoms with Gasteiger partial charge in [0.15, 0.2) is 0 Å². The predicted octanol–water partition coefficient (Wildman–Crippen LogP) is 2.88. The predicted molar refractivity (Wildman–Crippen MR) is 92.7 cm³/mol. The molecule has 1 atom stereocenters. The number of anilines is 1. The second-order valence-corrected chi connectivity index (χ2v) is 6.02. The Hall–Kier alpha value is -2.53. The van der Waals surface area contributed by atoms with Gasteiger partial charge in [0.2, 0.25) is 5.91 Å². The summed E-state index contributed by atoms with van der Waals surface area (Å²) in [6, 6.07) is 13.7. The third-order valence-corrected chi connectivity index (χ3v) is 4.20. The van der Waals surface area contributed by atoms with Crippen LogP contribution >= 0.6 is 11.6 Å². The summed E-state index contributed by atoms with van der Waals surface area (Å²) in [6.45, 7) is 0.447. The van der Waals surface area contributed by atoms with E-state index >= 15 is 0 Å². The van der Waals surface area contributed by atoms with E-state index < -0.39 is 0 Å². The molecule has 1 fully saturated rings. The number of rotatable bonds is 4. The Kier molecular flexibility index (Phi) is 4.71. The first-order valence-electron chi connectivity index (χ1n) is 7.57. The van der Waals surface area contributed by atoms with Gasteiger partial charge in [-0.2, -0.15) is 0 Å². The van der Waals surface area contributed by atoms with E-state index in [-0.39, 0.29) is 24.3 Å². The van der Waals surface area contributed by atoms with Crippen molar-refractivity contribution < 1.29 is 14.3 Å². The van der Waals surface area contributed by atoms with Crippen LogP contribution < -0.4 is 15.0 Å². The van der Waals surface area contributed by atoms with Gasteiger partial charge < -0.3 is 15.0 Å². The monoisotopic (exact) mass is 344 g/mol. The van der Waals surface area contributed by atoms with Gasteiger partial charge in [0.25, 0.3) is 5.91 Å². The molecule has 1 N–H and O–H groups in total. The lowest BCUT2D eigenvalue weighted by Gasteiger charge is -2.17. The summed E-state index contributed by atoms with van der Waals surface area (Å²) < 4.78 is 5.08. The van der Waals surface area contributed by atoms with Crippen LogP contribution in [0.4, 0.5) is 5.69 Å². The van der Waals surface area contributed by atoms with Crippen LogP contribution in [0.5, 0.6) is 5.75 Å². The van der Waals surface area contributed by atoms with E-state index in [9.17, 15) is 9.59 Å². The minimum atomic E-state index is -0.220. The topological polar surface area (TPSA) is 58.6 Å². The molecular weight excluding hydrogens is 328 g/mol. The molecule has 2 aromatic rings. The van der Waals surface area contributed by atoms with Gasteiger partial charge in [-0.3, -0.25) is 9.59 Å². The van der Waals surface area contributed by atoms with Gasteiger partial charge in [-0.25, -0.2) is 0 Å². The first kappa shape index (κ1) is 16.3. The molecule has 24 heavy (non-hydrogen) atoms. The van der Waals surface area contributed by atoms with Gasteiger partial charge in [-0.05, 0) is 48.5 Å². The summed E-state index contributed by atoms with van der Waals surface area (Å²) in [6.07, 6.45) is 0.282. The minimum Gasteiger partial charge on any atom is -0.497 e. The Bertz CT molecular complexity index is 744. The van der Waals surface area contributed by atoms with E-state index in [0.717, 1.165) is 5.69 Å². The lowest BCUT2D eigenvalue weighted by atomic mass is 10.2. The zero-order chi connectivity index (χ0) is 17.1. The van der Waals surface area contributed by atoms with E-state index in [1.807, 2.05) is 0 Å². The summed E-state index contributed by atoms with van der Waals surface area (Å²) in [4.78, 5) is 26.2. The largest absolute Gasteiger partial charge is 0.497 e. The van der Waals surface area contributed by atoms with Crippen molar-refractivity contribution in [2.24, 2.45) is 0 Å². The number of halogens is 1. The number of methoxy groups -OCH3 is 1. The molecule has 0 bridgehead atoms. The smallest absolute Gasteiger partial charge is 0.251 e. The van der Waals surface area contributed by atoms with Gasteiger partial charge in [0.1, 0.15) is 5.75 Å². The Morgan fingerprint density at radius 1 is 1.17 bits per heavy atom. The molecule has 124 valence electrons. The number of benzene rings is 2. The van der Waals surface area contributed by atoms with E-state index in [1.54, 1.807) is 60.5 Å². The zero-order valence-corrected chi connectivity index (χ0v) is 13.9. The number of carbonyl (C=O) groups excluding carboxylic acids is 2. The van der Waals surface area contributed by atoms with Crippen LogP contribution in [-0.2, 0) is 4.79 Å². The average Bonchev–Trinajstić information content (AvgIpc) is 2.96. The van der Waals surface area contributed by atoms with Crippen LogP contribution in [0.1, 0.15) is 16.8 Å². The summed E-state index contributed by atoms with van der Waals surface area (Å²) in [7, 11) is 1.57. The highest BCUT2D eigenvalue weighted by atomic mass is 35.5. The van der Waals surface area contributed by atoms with E-state index in [0.29, 0.717) is 22.9 Å². The van der Waals surface area contributed by atoms with Crippen molar-refractivity contribution in [3.8, 4) is 5.75 Å². The maximum Gasteiger partial charge on any atom is 0.251 e. The van der Waals surface area contributed by atoms with E-state index in [1.165, 1.54) is 0 Å². The van der Waals surface area contributed by atoms with E-state index in [2.05, 4.69) is 5.32 Å². The molecule has 6 heteroatoms. The van der Waals surface area contributed by atoms with Gasteiger partial charge in [-0.1, -0.05) is 11.6 Å². The Balaban J connectivity index is 1.65. The molecule has 3 rings (SSSR count). The summed E-state index contributed by atoms with van der Waals surface area (Å²) in [5.41, 5.74) is 1.32. The van der Waals surface area contributed by atoms with Crippen LogP contribution in [0.3, 0.4) is 0 Å². The lowest BCUT2D eigenvalue weighted by Crippen LogP contribution is -2.37. The molecule has 5 nitrogen and oxygen atoms in total. The SMILES string of the molecule is COc1ccc(C(=O)N[C@H]2CC(=O)N(c3ccc(Cl)cc3)C2)cc1. The fourth-order valence-electron chi connectivity index (χ4n) is 2.69. The normalized spacial score (nSPS) is 17.0. The van der Waals surface area contributed by atoms with Crippen LogP contribution in [0.15, 0.2) is 48.5 Å². The third kappa shape index (κ3) is 3.51. The van der Waals surface area contributed by atoms with Crippen molar-refractivity contribution in [2.45, 2.75) is 12.5 Å². The van der Waals surface area contributed by atoms with Crippen molar-refractivity contribution in [3.63, 3.8) is 0 Å². The molecule has 0 saturated carbocycles. The maximum absolute atomic E-state index is 12.3. The van der Waals surface area contributed by atoms with Crippen molar-refractivity contribution in [3.05, 3.63) is 59.1 Å². The standard InChI is InChI=1S/C18H17ClN2O3/c1-24-16-8-2-12(3-9-16)18(23)20-14-10-17(22)21(11-14)15-6-4-13(19)5-7-15/h2-9,14H,10-11H2,1H3,(H,20,23)/t14-/m0/s1. The molecular formula is C18H17ClN2O3. The van der Waals surface area contributed by atoms with Gasteiger partial charge in [-0.15, -0.1) is 0 Å². The van der Waals surface area contributed by atoms with Crippen LogP contribution in [-0.4, -0.2) is 31.5 Å². The summed E-state index contributed by atoms with van der Waals surface area (Å²) in [5, 5.41) is 3.53. The molecule has 2 amide bonds. The summed E-state index contributed by atoms with van der Waals surface area (Å²) >= 11 is 5.87. The fraction of sp³-hybridized carbons (Fsp3) is 0.222. The number of hydrogen-bond acceptors (Lipinski definition) is 3. The molecule has 1 aliphatic heterocycles. The fourth-order valence-corrected chi connectivity index (χ4v) is 2.81. The Labute approximate surface area is 145 Å². The first-order valence-corrected chi connectivity index (χ1v) is 7.95. The molecule has 1 aliphatic rings. The summed E-state index contributed by atoms with van der Waals surface area (Å²) in [5.74, 6) is 0.474. The van der Waals surface area contributed by atoms with Gasteiger partial charge in [0.05, 0.1) is 13.2 Å². The molecule has 1 heterocycles. The number of nitrogens with zero attached hydrogens (tertiary/aromatic N) is 1. The van der Waals surface area contributed by atoms with Crippen LogP contribution in [0.2, 0.25) is 5.02 Å². The average molecular weight is 345 g/mol.